The number of hydrogen-bond donors (Lipinski definition) is 1. The van der Waals surface area contributed by atoms with Crippen LogP contribution in [0, 0.1) is 6.92 Å². The molecule has 4 nitrogen and oxygen atoms in total. The molecule has 0 spiro atoms. The number of carbonyl (C=O) groups is 1. The first-order valence-electron chi connectivity index (χ1n) is 5.13. The molecule has 1 rings (SSSR count). The van der Waals surface area contributed by atoms with Crippen LogP contribution in [0.15, 0.2) is 6.07 Å². The second kappa shape index (κ2) is 5.77. The smallest absolute Gasteiger partial charge is 0.303 e. The van der Waals surface area contributed by atoms with Gasteiger partial charge in [-0.1, -0.05) is 11.6 Å². The minimum Gasteiger partial charge on any atom is -0.493 e. The summed E-state index contributed by atoms with van der Waals surface area (Å²) in [5.74, 6) is 0.157. The van der Waals surface area contributed by atoms with Gasteiger partial charge in [-0.2, -0.15) is 0 Å². The molecular weight excluding hydrogens is 244 g/mol. The average molecular weight is 259 g/mol. The number of hydrogen-bond acceptors (Lipinski definition) is 3. The zero-order valence-corrected chi connectivity index (χ0v) is 10.8. The quantitative estimate of drug-likeness (QED) is 0.882. The minimum absolute atomic E-state index is 0.0622. The molecule has 17 heavy (non-hydrogen) atoms. The van der Waals surface area contributed by atoms with Crippen LogP contribution in [-0.4, -0.2) is 25.3 Å². The van der Waals surface area contributed by atoms with Gasteiger partial charge in [-0.15, -0.1) is 0 Å². The Morgan fingerprint density at radius 2 is 2.06 bits per heavy atom. The van der Waals surface area contributed by atoms with E-state index in [1.807, 2.05) is 6.92 Å². The minimum atomic E-state index is -0.838. The van der Waals surface area contributed by atoms with Gasteiger partial charge < -0.3 is 14.6 Å². The molecule has 94 valence electrons. The Morgan fingerprint density at radius 1 is 1.41 bits per heavy atom. The Bertz CT molecular complexity index is 429. The van der Waals surface area contributed by atoms with E-state index in [1.54, 1.807) is 6.07 Å². The summed E-state index contributed by atoms with van der Waals surface area (Å²) in [6, 6.07) is 1.77. The summed E-state index contributed by atoms with van der Waals surface area (Å²) in [6.07, 6.45) is 0.480. The Balaban J connectivity index is 3.15. The van der Waals surface area contributed by atoms with Gasteiger partial charge in [0.1, 0.15) is 0 Å². The summed E-state index contributed by atoms with van der Waals surface area (Å²) < 4.78 is 10.3. The average Bonchev–Trinajstić information content (AvgIpc) is 2.30. The van der Waals surface area contributed by atoms with Crippen LogP contribution in [0.4, 0.5) is 0 Å². The number of benzene rings is 1. The number of methoxy groups -OCH3 is 2. The molecule has 0 saturated carbocycles. The van der Waals surface area contributed by atoms with E-state index in [9.17, 15) is 4.79 Å². The SMILES string of the molecule is COc1cc(CCC(=O)O)c(C)c(Cl)c1OC. The first kappa shape index (κ1) is 13.6. The lowest BCUT2D eigenvalue weighted by molar-refractivity contribution is -0.136. The molecule has 0 amide bonds. The highest BCUT2D eigenvalue weighted by atomic mass is 35.5. The number of aryl methyl sites for hydroxylation is 1. The maximum Gasteiger partial charge on any atom is 0.303 e. The predicted octanol–water partition coefficient (Wildman–Crippen LogP) is 2.68. The van der Waals surface area contributed by atoms with E-state index in [-0.39, 0.29) is 6.42 Å². The third-order valence-corrected chi connectivity index (χ3v) is 3.03. The fourth-order valence-corrected chi connectivity index (χ4v) is 1.89. The fraction of sp³-hybridized carbons (Fsp3) is 0.417. The van der Waals surface area contributed by atoms with Crippen molar-refractivity contribution in [1.29, 1.82) is 0 Å². The summed E-state index contributed by atoms with van der Waals surface area (Å²) in [6.45, 7) is 1.83. The second-order valence-electron chi connectivity index (χ2n) is 3.60. The third kappa shape index (κ3) is 3.03. The molecule has 0 atom stereocenters. The number of rotatable bonds is 5. The molecule has 0 aromatic heterocycles. The number of aliphatic carboxylic acids is 1. The van der Waals surface area contributed by atoms with Crippen molar-refractivity contribution in [2.75, 3.05) is 14.2 Å². The molecule has 1 aromatic carbocycles. The van der Waals surface area contributed by atoms with Crippen LogP contribution in [0.5, 0.6) is 11.5 Å². The van der Waals surface area contributed by atoms with Crippen LogP contribution in [-0.2, 0) is 11.2 Å². The molecule has 0 radical (unpaired) electrons. The van der Waals surface area contributed by atoms with Gasteiger partial charge in [-0.25, -0.2) is 0 Å². The highest BCUT2D eigenvalue weighted by Crippen LogP contribution is 2.39. The molecule has 0 aliphatic carbocycles. The molecule has 1 N–H and O–H groups in total. The first-order valence-corrected chi connectivity index (χ1v) is 5.50. The lowest BCUT2D eigenvalue weighted by Gasteiger charge is -2.14. The molecule has 0 fully saturated rings. The monoisotopic (exact) mass is 258 g/mol. The van der Waals surface area contributed by atoms with Crippen molar-refractivity contribution in [2.45, 2.75) is 19.8 Å². The lowest BCUT2D eigenvalue weighted by Crippen LogP contribution is -2.01. The normalized spacial score (nSPS) is 10.1. The zero-order chi connectivity index (χ0) is 13.0. The van der Waals surface area contributed by atoms with Crippen molar-refractivity contribution in [1.82, 2.24) is 0 Å². The Hall–Kier alpha value is -1.42. The summed E-state index contributed by atoms with van der Waals surface area (Å²) >= 11 is 6.15. The third-order valence-electron chi connectivity index (χ3n) is 2.57. The Kier molecular flexibility index (Phi) is 4.63. The highest BCUT2D eigenvalue weighted by molar-refractivity contribution is 6.33. The van der Waals surface area contributed by atoms with Crippen LogP contribution in [0.2, 0.25) is 5.02 Å². The highest BCUT2D eigenvalue weighted by Gasteiger charge is 2.15. The van der Waals surface area contributed by atoms with Crippen molar-refractivity contribution >= 4 is 17.6 Å². The van der Waals surface area contributed by atoms with Crippen molar-refractivity contribution in [3.05, 3.63) is 22.2 Å². The molecular formula is C12H15ClO4. The first-order chi connectivity index (χ1) is 8.01. The predicted molar refractivity (Wildman–Crippen MR) is 65.2 cm³/mol. The number of carboxylic acid groups (broad SMARTS) is 1. The number of carboxylic acids is 1. The van der Waals surface area contributed by atoms with Crippen molar-refractivity contribution in [3.63, 3.8) is 0 Å². The Labute approximate surface area is 105 Å². The standard InChI is InChI=1S/C12H15ClO4/c1-7-8(4-5-10(14)15)6-9(16-2)12(17-3)11(7)13/h6H,4-5H2,1-3H3,(H,14,15). The van der Waals surface area contributed by atoms with E-state index in [1.165, 1.54) is 14.2 Å². The molecule has 0 bridgehead atoms. The van der Waals surface area contributed by atoms with E-state index < -0.39 is 5.97 Å². The van der Waals surface area contributed by atoms with Crippen LogP contribution in [0.25, 0.3) is 0 Å². The Morgan fingerprint density at radius 3 is 2.53 bits per heavy atom. The van der Waals surface area contributed by atoms with Gasteiger partial charge in [0, 0.05) is 6.42 Å². The number of ether oxygens (including phenoxy) is 2. The van der Waals surface area contributed by atoms with E-state index in [0.29, 0.717) is 22.9 Å². The zero-order valence-electron chi connectivity index (χ0n) is 10.0. The molecule has 0 aliphatic heterocycles. The second-order valence-corrected chi connectivity index (χ2v) is 3.98. The molecule has 0 saturated heterocycles. The van der Waals surface area contributed by atoms with E-state index in [4.69, 9.17) is 26.2 Å². The van der Waals surface area contributed by atoms with E-state index >= 15 is 0 Å². The molecule has 5 heteroatoms. The van der Waals surface area contributed by atoms with Crippen molar-refractivity contribution < 1.29 is 19.4 Å². The van der Waals surface area contributed by atoms with Gasteiger partial charge in [0.25, 0.3) is 0 Å². The maximum atomic E-state index is 10.6. The fourth-order valence-electron chi connectivity index (χ4n) is 1.59. The van der Waals surface area contributed by atoms with Crippen LogP contribution >= 0.6 is 11.6 Å². The van der Waals surface area contributed by atoms with Gasteiger partial charge in [0.15, 0.2) is 11.5 Å². The van der Waals surface area contributed by atoms with Crippen LogP contribution in [0.3, 0.4) is 0 Å². The van der Waals surface area contributed by atoms with Gasteiger partial charge in [0.2, 0.25) is 0 Å². The van der Waals surface area contributed by atoms with Gasteiger partial charge in [-0.3, -0.25) is 4.79 Å². The van der Waals surface area contributed by atoms with E-state index in [2.05, 4.69) is 0 Å². The number of halogens is 1. The summed E-state index contributed by atoms with van der Waals surface area (Å²) in [5.41, 5.74) is 1.68. The van der Waals surface area contributed by atoms with Gasteiger partial charge >= 0.3 is 5.97 Å². The lowest BCUT2D eigenvalue weighted by atomic mass is 10.0. The van der Waals surface area contributed by atoms with Crippen LogP contribution in [0.1, 0.15) is 17.5 Å². The van der Waals surface area contributed by atoms with Crippen molar-refractivity contribution in [3.8, 4) is 11.5 Å². The summed E-state index contributed by atoms with van der Waals surface area (Å²) in [5, 5.41) is 9.14. The van der Waals surface area contributed by atoms with Crippen LogP contribution < -0.4 is 9.47 Å². The van der Waals surface area contributed by atoms with Gasteiger partial charge in [0.05, 0.1) is 19.2 Å². The summed E-state index contributed by atoms with van der Waals surface area (Å²) in [4.78, 5) is 10.6. The molecule has 0 heterocycles. The molecule has 0 unspecified atom stereocenters. The largest absolute Gasteiger partial charge is 0.493 e. The van der Waals surface area contributed by atoms with Crippen molar-refractivity contribution in [2.24, 2.45) is 0 Å². The summed E-state index contributed by atoms with van der Waals surface area (Å²) in [7, 11) is 3.03. The van der Waals surface area contributed by atoms with E-state index in [0.717, 1.165) is 11.1 Å². The maximum absolute atomic E-state index is 10.6. The topological polar surface area (TPSA) is 55.8 Å². The van der Waals surface area contributed by atoms with Gasteiger partial charge in [-0.05, 0) is 30.5 Å². The molecule has 0 aliphatic rings. The molecule has 1 aromatic rings.